The van der Waals surface area contributed by atoms with Crippen LogP contribution < -0.4 is 4.74 Å². The van der Waals surface area contributed by atoms with Crippen molar-refractivity contribution in [2.24, 2.45) is 23.2 Å². The monoisotopic (exact) mass is 298 g/mol. The highest BCUT2D eigenvalue weighted by molar-refractivity contribution is 5.79. The second-order valence-electron chi connectivity index (χ2n) is 8.31. The molecule has 2 nitrogen and oxygen atoms in total. The minimum Gasteiger partial charge on any atom is -0.426 e. The number of ether oxygens (including phenoxy) is 1. The lowest BCUT2D eigenvalue weighted by Crippen LogP contribution is -2.51. The van der Waals surface area contributed by atoms with Gasteiger partial charge in [0.05, 0.1) is 5.41 Å². The Hall–Kier alpha value is -1.31. The molecule has 4 fully saturated rings. The lowest BCUT2D eigenvalue weighted by Gasteiger charge is -2.55. The van der Waals surface area contributed by atoms with Gasteiger partial charge in [-0.05, 0) is 79.9 Å². The molecule has 4 bridgehead atoms. The molecule has 4 aliphatic rings. The molecule has 0 saturated heterocycles. The fourth-order valence-electron chi connectivity index (χ4n) is 5.50. The molecule has 2 heteroatoms. The first-order valence-electron chi connectivity index (χ1n) is 8.86. The van der Waals surface area contributed by atoms with Crippen LogP contribution in [0.25, 0.3) is 0 Å². The summed E-state index contributed by atoms with van der Waals surface area (Å²) in [4.78, 5) is 12.9. The zero-order chi connectivity index (χ0) is 15.3. The Balaban J connectivity index is 1.50. The SMILES string of the molecule is CC(C)c1ccc(OC(=O)C23CC4CC(CC(C4)C2)C3)cc1. The molecule has 22 heavy (non-hydrogen) atoms. The third kappa shape index (κ3) is 2.37. The molecule has 0 unspecified atom stereocenters. The molecular formula is C20H26O2. The van der Waals surface area contributed by atoms with Crippen LogP contribution in [0.15, 0.2) is 24.3 Å². The first kappa shape index (κ1) is 14.3. The van der Waals surface area contributed by atoms with Crippen molar-refractivity contribution < 1.29 is 9.53 Å². The molecule has 0 N–H and O–H groups in total. The van der Waals surface area contributed by atoms with Crippen LogP contribution in [-0.2, 0) is 4.79 Å². The van der Waals surface area contributed by atoms with Gasteiger partial charge in [0.1, 0.15) is 5.75 Å². The molecule has 1 aromatic carbocycles. The van der Waals surface area contributed by atoms with Gasteiger partial charge in [-0.2, -0.15) is 0 Å². The van der Waals surface area contributed by atoms with E-state index >= 15 is 0 Å². The van der Waals surface area contributed by atoms with Crippen molar-refractivity contribution in [1.82, 2.24) is 0 Å². The molecular weight excluding hydrogens is 272 g/mol. The fraction of sp³-hybridized carbons (Fsp3) is 0.650. The predicted molar refractivity (Wildman–Crippen MR) is 86.8 cm³/mol. The lowest BCUT2D eigenvalue weighted by molar-refractivity contribution is -0.161. The highest BCUT2D eigenvalue weighted by atomic mass is 16.5. The second kappa shape index (κ2) is 5.11. The van der Waals surface area contributed by atoms with E-state index in [4.69, 9.17) is 4.74 Å². The highest BCUT2D eigenvalue weighted by Crippen LogP contribution is 2.60. The van der Waals surface area contributed by atoms with Gasteiger partial charge in [0.2, 0.25) is 0 Å². The standard InChI is InChI=1S/C20H26O2/c1-13(2)17-3-5-18(6-4-17)22-19(21)20-10-14-7-15(11-20)9-16(8-14)12-20/h3-6,13-16H,7-12H2,1-2H3. The Morgan fingerprint density at radius 2 is 1.50 bits per heavy atom. The van der Waals surface area contributed by atoms with Gasteiger partial charge in [-0.25, -0.2) is 0 Å². The maximum atomic E-state index is 12.9. The van der Waals surface area contributed by atoms with Crippen LogP contribution in [0.3, 0.4) is 0 Å². The number of carbonyl (C=O) groups excluding carboxylic acids is 1. The van der Waals surface area contributed by atoms with Crippen molar-refractivity contribution >= 4 is 5.97 Å². The summed E-state index contributed by atoms with van der Waals surface area (Å²) in [5, 5.41) is 0. The van der Waals surface area contributed by atoms with Crippen molar-refractivity contribution in [3.8, 4) is 5.75 Å². The summed E-state index contributed by atoms with van der Waals surface area (Å²) in [5.41, 5.74) is 1.13. The summed E-state index contributed by atoms with van der Waals surface area (Å²) in [7, 11) is 0. The summed E-state index contributed by atoms with van der Waals surface area (Å²) in [6, 6.07) is 8.06. The third-order valence-corrected chi connectivity index (χ3v) is 6.23. The van der Waals surface area contributed by atoms with Crippen LogP contribution in [0.2, 0.25) is 0 Å². The van der Waals surface area contributed by atoms with Crippen molar-refractivity contribution in [3.05, 3.63) is 29.8 Å². The molecule has 118 valence electrons. The quantitative estimate of drug-likeness (QED) is 0.584. The van der Waals surface area contributed by atoms with Crippen molar-refractivity contribution in [2.75, 3.05) is 0 Å². The zero-order valence-electron chi connectivity index (χ0n) is 13.7. The van der Waals surface area contributed by atoms with E-state index in [1.54, 1.807) is 0 Å². The van der Waals surface area contributed by atoms with E-state index in [9.17, 15) is 4.79 Å². The average molecular weight is 298 g/mol. The van der Waals surface area contributed by atoms with Crippen LogP contribution in [0.4, 0.5) is 0 Å². The molecule has 5 rings (SSSR count). The Morgan fingerprint density at radius 3 is 1.95 bits per heavy atom. The van der Waals surface area contributed by atoms with Gasteiger partial charge in [-0.1, -0.05) is 26.0 Å². The van der Waals surface area contributed by atoms with Gasteiger partial charge in [0, 0.05) is 0 Å². The topological polar surface area (TPSA) is 26.3 Å². The molecule has 0 radical (unpaired) electrons. The van der Waals surface area contributed by atoms with Gasteiger partial charge in [-0.15, -0.1) is 0 Å². The Labute approximate surface area is 133 Å². The van der Waals surface area contributed by atoms with Crippen LogP contribution >= 0.6 is 0 Å². The van der Waals surface area contributed by atoms with Crippen LogP contribution in [0.5, 0.6) is 5.75 Å². The predicted octanol–water partition coefficient (Wildman–Crippen LogP) is 4.93. The number of hydrogen-bond donors (Lipinski definition) is 0. The normalized spacial score (nSPS) is 35.9. The van der Waals surface area contributed by atoms with Gasteiger partial charge < -0.3 is 4.74 Å². The van der Waals surface area contributed by atoms with E-state index in [0.717, 1.165) is 37.0 Å². The fourth-order valence-corrected chi connectivity index (χ4v) is 5.50. The van der Waals surface area contributed by atoms with E-state index in [0.29, 0.717) is 11.7 Å². The number of rotatable bonds is 3. The first-order chi connectivity index (χ1) is 10.5. The Bertz CT molecular complexity index is 535. The van der Waals surface area contributed by atoms with E-state index in [-0.39, 0.29) is 11.4 Å². The molecule has 1 aromatic rings. The Kier molecular flexibility index (Phi) is 3.32. The maximum Gasteiger partial charge on any atom is 0.317 e. The molecule has 4 saturated carbocycles. The van der Waals surface area contributed by atoms with Crippen molar-refractivity contribution in [1.29, 1.82) is 0 Å². The van der Waals surface area contributed by atoms with Crippen molar-refractivity contribution in [2.45, 2.75) is 58.3 Å². The van der Waals surface area contributed by atoms with Crippen LogP contribution in [0, 0.1) is 23.2 Å². The third-order valence-electron chi connectivity index (χ3n) is 6.23. The van der Waals surface area contributed by atoms with E-state index < -0.39 is 0 Å². The number of carbonyl (C=O) groups is 1. The molecule has 0 heterocycles. The molecule has 0 atom stereocenters. The molecule has 4 aliphatic carbocycles. The van der Waals surface area contributed by atoms with E-state index in [2.05, 4.69) is 26.0 Å². The summed E-state index contributed by atoms with van der Waals surface area (Å²) in [5.74, 6) is 3.60. The summed E-state index contributed by atoms with van der Waals surface area (Å²) in [6.45, 7) is 4.35. The molecule has 0 aliphatic heterocycles. The van der Waals surface area contributed by atoms with Gasteiger partial charge in [-0.3, -0.25) is 4.79 Å². The minimum absolute atomic E-state index is 0.0453. The van der Waals surface area contributed by atoms with Gasteiger partial charge in [0.25, 0.3) is 0 Å². The van der Waals surface area contributed by atoms with Gasteiger partial charge >= 0.3 is 5.97 Å². The van der Waals surface area contributed by atoms with E-state index in [1.165, 1.54) is 24.8 Å². The summed E-state index contributed by atoms with van der Waals surface area (Å²) < 4.78 is 5.80. The zero-order valence-corrected chi connectivity index (χ0v) is 13.7. The Morgan fingerprint density at radius 1 is 1.00 bits per heavy atom. The number of hydrogen-bond acceptors (Lipinski definition) is 2. The smallest absolute Gasteiger partial charge is 0.317 e. The minimum atomic E-state index is -0.161. The van der Waals surface area contributed by atoms with Gasteiger partial charge in [0.15, 0.2) is 0 Å². The highest BCUT2D eigenvalue weighted by Gasteiger charge is 2.55. The van der Waals surface area contributed by atoms with Crippen molar-refractivity contribution in [3.63, 3.8) is 0 Å². The number of benzene rings is 1. The van der Waals surface area contributed by atoms with Crippen LogP contribution in [0.1, 0.15) is 63.9 Å². The average Bonchev–Trinajstić information content (AvgIpc) is 2.46. The summed E-state index contributed by atoms with van der Waals surface area (Å²) >= 11 is 0. The first-order valence-corrected chi connectivity index (χ1v) is 8.86. The molecule has 0 aromatic heterocycles. The molecule has 0 spiro atoms. The second-order valence-corrected chi connectivity index (χ2v) is 8.31. The van der Waals surface area contributed by atoms with Crippen LogP contribution in [-0.4, -0.2) is 5.97 Å². The number of esters is 1. The molecule has 0 amide bonds. The lowest BCUT2D eigenvalue weighted by atomic mass is 9.49. The maximum absolute atomic E-state index is 12.9. The summed E-state index contributed by atoms with van der Waals surface area (Å²) in [6.07, 6.45) is 7.28. The largest absolute Gasteiger partial charge is 0.426 e. The van der Waals surface area contributed by atoms with E-state index in [1.807, 2.05) is 12.1 Å².